The number of thioether (sulfide) groups is 1. The van der Waals surface area contributed by atoms with Gasteiger partial charge in [-0.2, -0.15) is 11.8 Å². The molecular weight excluding hydrogens is 490 g/mol. The van der Waals surface area contributed by atoms with Crippen LogP contribution in [0.15, 0.2) is 47.6 Å². The van der Waals surface area contributed by atoms with Crippen LogP contribution < -0.4 is 15.4 Å². The van der Waals surface area contributed by atoms with E-state index in [4.69, 9.17) is 4.74 Å². The summed E-state index contributed by atoms with van der Waals surface area (Å²) in [6.07, 6.45) is 6.06. The van der Waals surface area contributed by atoms with E-state index in [9.17, 15) is 4.39 Å². The van der Waals surface area contributed by atoms with Crippen LogP contribution in [0.25, 0.3) is 0 Å². The first-order valence-electron chi connectivity index (χ1n) is 9.11. The third kappa shape index (κ3) is 9.09. The van der Waals surface area contributed by atoms with Gasteiger partial charge in [0.15, 0.2) is 5.96 Å². The zero-order valence-corrected chi connectivity index (χ0v) is 19.4. The lowest BCUT2D eigenvalue weighted by atomic mass is 10.2. The molecule has 1 aromatic carbocycles. The van der Waals surface area contributed by atoms with Gasteiger partial charge in [0, 0.05) is 30.9 Å². The SMILES string of the molecule is CCNC(=NCc1cccnc1Oc1cccc(F)c1)NCCCCSC.I. The summed E-state index contributed by atoms with van der Waals surface area (Å²) in [7, 11) is 0. The molecule has 28 heavy (non-hydrogen) atoms. The highest BCUT2D eigenvalue weighted by Gasteiger charge is 2.07. The maximum atomic E-state index is 13.4. The topological polar surface area (TPSA) is 58.5 Å². The third-order valence-electron chi connectivity index (χ3n) is 3.68. The smallest absolute Gasteiger partial charge is 0.224 e. The minimum Gasteiger partial charge on any atom is -0.439 e. The van der Waals surface area contributed by atoms with Crippen molar-refractivity contribution in [2.24, 2.45) is 4.99 Å². The van der Waals surface area contributed by atoms with Crippen molar-refractivity contribution < 1.29 is 9.13 Å². The van der Waals surface area contributed by atoms with Gasteiger partial charge in [-0.05, 0) is 50.0 Å². The Bertz CT molecular complexity index is 733. The molecule has 0 fully saturated rings. The minimum atomic E-state index is -0.344. The van der Waals surface area contributed by atoms with E-state index in [2.05, 4.69) is 26.9 Å². The Labute approximate surface area is 188 Å². The second-order valence-corrected chi connectivity index (χ2v) is 6.83. The molecule has 2 rings (SSSR count). The number of nitrogens with one attached hydrogen (secondary N) is 2. The molecule has 0 aliphatic carbocycles. The Morgan fingerprint density at radius 1 is 1.21 bits per heavy atom. The van der Waals surface area contributed by atoms with Gasteiger partial charge >= 0.3 is 0 Å². The van der Waals surface area contributed by atoms with Crippen molar-refractivity contribution in [1.29, 1.82) is 0 Å². The van der Waals surface area contributed by atoms with E-state index in [1.54, 1.807) is 18.3 Å². The number of hydrogen-bond acceptors (Lipinski definition) is 4. The Morgan fingerprint density at radius 3 is 2.82 bits per heavy atom. The fourth-order valence-electron chi connectivity index (χ4n) is 2.36. The number of aromatic nitrogens is 1. The van der Waals surface area contributed by atoms with Gasteiger partial charge in [0.05, 0.1) is 6.54 Å². The lowest BCUT2D eigenvalue weighted by molar-refractivity contribution is 0.452. The predicted molar refractivity (Wildman–Crippen MR) is 127 cm³/mol. The molecule has 0 radical (unpaired) electrons. The van der Waals surface area contributed by atoms with Crippen molar-refractivity contribution in [1.82, 2.24) is 15.6 Å². The Hall–Kier alpha value is -1.55. The maximum absolute atomic E-state index is 13.4. The molecule has 0 aliphatic rings. The number of benzene rings is 1. The first-order valence-corrected chi connectivity index (χ1v) is 10.5. The second kappa shape index (κ2) is 14.4. The van der Waals surface area contributed by atoms with Gasteiger partial charge in [-0.3, -0.25) is 0 Å². The van der Waals surface area contributed by atoms with Crippen molar-refractivity contribution in [3.05, 3.63) is 54.0 Å². The number of ether oxygens (including phenoxy) is 1. The Morgan fingerprint density at radius 2 is 2.07 bits per heavy atom. The van der Waals surface area contributed by atoms with E-state index < -0.39 is 0 Å². The summed E-state index contributed by atoms with van der Waals surface area (Å²) in [6, 6.07) is 9.77. The van der Waals surface area contributed by atoms with E-state index in [0.29, 0.717) is 18.2 Å². The van der Waals surface area contributed by atoms with Crippen LogP contribution in [0.3, 0.4) is 0 Å². The quantitative estimate of drug-likeness (QED) is 0.204. The first kappa shape index (κ1) is 24.5. The van der Waals surface area contributed by atoms with Gasteiger partial charge in [-0.25, -0.2) is 14.4 Å². The lowest BCUT2D eigenvalue weighted by Gasteiger charge is -2.12. The molecular formula is C20H28FIN4OS. The molecule has 5 nitrogen and oxygen atoms in total. The molecule has 1 heterocycles. The van der Waals surface area contributed by atoms with Crippen LogP contribution in [0.5, 0.6) is 11.6 Å². The Balaban J connectivity index is 0.00000392. The number of aliphatic imine (C=N–C) groups is 1. The number of pyridine rings is 1. The van der Waals surface area contributed by atoms with Crippen LogP contribution in [-0.2, 0) is 6.54 Å². The maximum Gasteiger partial charge on any atom is 0.224 e. The van der Waals surface area contributed by atoms with Gasteiger partial charge < -0.3 is 15.4 Å². The molecule has 0 saturated carbocycles. The van der Waals surface area contributed by atoms with Crippen molar-refractivity contribution in [3.8, 4) is 11.6 Å². The number of hydrogen-bond donors (Lipinski definition) is 2. The van der Waals surface area contributed by atoms with E-state index in [0.717, 1.165) is 31.0 Å². The molecule has 0 saturated heterocycles. The molecule has 0 unspecified atom stereocenters. The summed E-state index contributed by atoms with van der Waals surface area (Å²) >= 11 is 1.86. The van der Waals surface area contributed by atoms with Gasteiger partial charge in [-0.1, -0.05) is 12.1 Å². The zero-order chi connectivity index (χ0) is 19.3. The average molecular weight is 518 g/mol. The molecule has 0 spiro atoms. The third-order valence-corrected chi connectivity index (χ3v) is 4.38. The van der Waals surface area contributed by atoms with Crippen LogP contribution in [0.4, 0.5) is 4.39 Å². The summed E-state index contributed by atoms with van der Waals surface area (Å²) in [5.74, 6) is 2.44. The van der Waals surface area contributed by atoms with Crippen LogP contribution in [0.1, 0.15) is 25.3 Å². The van der Waals surface area contributed by atoms with Gasteiger partial charge in [0.1, 0.15) is 11.6 Å². The van der Waals surface area contributed by atoms with Gasteiger partial charge in [0.2, 0.25) is 5.88 Å². The molecule has 2 aromatic rings. The number of guanidine groups is 1. The highest BCUT2D eigenvalue weighted by molar-refractivity contribution is 14.0. The zero-order valence-electron chi connectivity index (χ0n) is 16.3. The van der Waals surface area contributed by atoms with E-state index in [1.807, 2.05) is 30.8 Å². The monoisotopic (exact) mass is 518 g/mol. The highest BCUT2D eigenvalue weighted by atomic mass is 127. The standard InChI is InChI=1S/C20H27FN4OS.HI/c1-3-22-20(24-11-4-5-13-27-2)25-15-16-8-7-12-23-19(16)26-18-10-6-9-17(21)14-18;/h6-10,12,14H,3-5,11,13,15H2,1-2H3,(H2,22,24,25);1H. The van der Waals surface area contributed by atoms with Crippen molar-refractivity contribution in [2.45, 2.75) is 26.3 Å². The van der Waals surface area contributed by atoms with Crippen LogP contribution >= 0.6 is 35.7 Å². The lowest BCUT2D eigenvalue weighted by Crippen LogP contribution is -2.37. The predicted octanol–water partition coefficient (Wildman–Crippen LogP) is 4.83. The van der Waals surface area contributed by atoms with Crippen LogP contribution in [-0.4, -0.2) is 36.0 Å². The second-order valence-electron chi connectivity index (χ2n) is 5.85. The van der Waals surface area contributed by atoms with Crippen LogP contribution in [0.2, 0.25) is 0 Å². The molecule has 1 aromatic heterocycles. The van der Waals surface area contributed by atoms with E-state index >= 15 is 0 Å². The molecule has 0 atom stereocenters. The van der Waals surface area contributed by atoms with Crippen LogP contribution in [0, 0.1) is 5.82 Å². The molecule has 0 amide bonds. The number of unbranched alkanes of at least 4 members (excludes halogenated alkanes) is 1. The summed E-state index contributed by atoms with van der Waals surface area (Å²) in [5, 5.41) is 6.59. The fraction of sp³-hybridized carbons (Fsp3) is 0.400. The summed E-state index contributed by atoms with van der Waals surface area (Å²) in [4.78, 5) is 8.88. The molecule has 0 aliphatic heterocycles. The largest absolute Gasteiger partial charge is 0.439 e. The fourth-order valence-corrected chi connectivity index (χ4v) is 2.86. The summed E-state index contributed by atoms with van der Waals surface area (Å²) < 4.78 is 19.1. The normalized spacial score (nSPS) is 10.9. The van der Waals surface area contributed by atoms with E-state index in [1.165, 1.54) is 24.3 Å². The average Bonchev–Trinajstić information content (AvgIpc) is 2.67. The van der Waals surface area contributed by atoms with Crippen molar-refractivity contribution in [2.75, 3.05) is 25.1 Å². The summed E-state index contributed by atoms with van der Waals surface area (Å²) in [5.41, 5.74) is 0.835. The molecule has 154 valence electrons. The van der Waals surface area contributed by atoms with Gasteiger partial charge in [0.25, 0.3) is 0 Å². The number of rotatable bonds is 10. The number of nitrogens with zero attached hydrogens (tertiary/aromatic N) is 2. The number of halogens is 2. The molecule has 0 bridgehead atoms. The molecule has 8 heteroatoms. The van der Waals surface area contributed by atoms with Gasteiger partial charge in [-0.15, -0.1) is 24.0 Å². The molecule has 2 N–H and O–H groups in total. The Kier molecular flexibility index (Phi) is 12.6. The van der Waals surface area contributed by atoms with E-state index in [-0.39, 0.29) is 29.8 Å². The first-order chi connectivity index (χ1) is 13.2. The minimum absolute atomic E-state index is 0. The van der Waals surface area contributed by atoms with Crippen molar-refractivity contribution >= 4 is 41.7 Å². The van der Waals surface area contributed by atoms with Crippen molar-refractivity contribution in [3.63, 3.8) is 0 Å². The summed E-state index contributed by atoms with van der Waals surface area (Å²) in [6.45, 7) is 4.12. The highest BCUT2D eigenvalue weighted by Crippen LogP contribution is 2.23.